The number of oxazole rings is 1. The molecule has 119 valence electrons. The van der Waals surface area contributed by atoms with E-state index in [0.29, 0.717) is 5.89 Å². The fraction of sp³-hybridized carbons (Fsp3) is 0.500. The second-order valence-electron chi connectivity index (χ2n) is 6.78. The second-order valence-corrected chi connectivity index (χ2v) is 6.78. The molecule has 0 amide bonds. The molecule has 1 aromatic carbocycles. The number of hydrogen-bond acceptors (Lipinski definition) is 3. The Balaban J connectivity index is 0.00000156. The molecule has 0 spiro atoms. The standard InChI is InChI=1S/C18H22N3O.Y/c1-11-4-5-14(8-16(11)18-19-12(2)10-22-18)20-21-7-6-15-13(3)17(15)9-21;/h4-5,8,10,13,15,17H,6-7,9H2,1-3H3;/q-1;/t13-,15?,17?;/m1./s1. The van der Waals surface area contributed by atoms with Crippen LogP contribution in [-0.2, 0) is 32.7 Å². The first-order chi connectivity index (χ1) is 10.6. The van der Waals surface area contributed by atoms with Gasteiger partial charge < -0.3 is 14.9 Å². The zero-order valence-electron chi connectivity index (χ0n) is 14.0. The molecular formula is C18H22N3OY-. The van der Waals surface area contributed by atoms with E-state index in [1.54, 1.807) is 6.26 Å². The summed E-state index contributed by atoms with van der Waals surface area (Å²) in [5.41, 5.74) is 8.91. The third-order valence-electron chi connectivity index (χ3n) is 5.23. The number of aryl methyl sites for hydroxylation is 2. The average molecular weight is 385 g/mol. The minimum absolute atomic E-state index is 0. The average Bonchev–Trinajstić information content (AvgIpc) is 2.93. The molecule has 23 heavy (non-hydrogen) atoms. The van der Waals surface area contributed by atoms with E-state index >= 15 is 0 Å². The number of nitrogens with zero attached hydrogens (tertiary/aromatic N) is 3. The summed E-state index contributed by atoms with van der Waals surface area (Å²) in [6.45, 7) is 8.57. The molecule has 2 fully saturated rings. The van der Waals surface area contributed by atoms with Crippen LogP contribution in [0.2, 0.25) is 0 Å². The molecular weight excluding hydrogens is 363 g/mol. The van der Waals surface area contributed by atoms with Crippen molar-refractivity contribution in [3.8, 4) is 11.5 Å². The van der Waals surface area contributed by atoms with Crippen LogP contribution in [-0.4, -0.2) is 23.1 Å². The summed E-state index contributed by atoms with van der Waals surface area (Å²) in [7, 11) is 0. The quantitative estimate of drug-likeness (QED) is 0.783. The van der Waals surface area contributed by atoms with Gasteiger partial charge in [0.2, 0.25) is 5.89 Å². The van der Waals surface area contributed by atoms with Gasteiger partial charge in [0.25, 0.3) is 0 Å². The maximum Gasteiger partial charge on any atom is 0.226 e. The summed E-state index contributed by atoms with van der Waals surface area (Å²) in [6, 6.07) is 6.26. The van der Waals surface area contributed by atoms with Gasteiger partial charge in [-0.05, 0) is 56.7 Å². The summed E-state index contributed by atoms with van der Waals surface area (Å²) >= 11 is 0. The third kappa shape index (κ3) is 3.40. The maximum atomic E-state index is 5.55. The van der Waals surface area contributed by atoms with Crippen LogP contribution in [0.1, 0.15) is 24.6 Å². The van der Waals surface area contributed by atoms with E-state index in [-0.39, 0.29) is 32.7 Å². The van der Waals surface area contributed by atoms with Crippen molar-refractivity contribution in [3.05, 3.63) is 41.1 Å². The van der Waals surface area contributed by atoms with Crippen molar-refractivity contribution in [2.45, 2.75) is 27.2 Å². The molecule has 3 atom stereocenters. The van der Waals surface area contributed by atoms with Gasteiger partial charge in [-0.1, -0.05) is 25.1 Å². The number of aromatic nitrogens is 1. The van der Waals surface area contributed by atoms with Gasteiger partial charge in [0.1, 0.15) is 6.26 Å². The molecule has 4 rings (SSSR count). The molecule has 1 radical (unpaired) electrons. The van der Waals surface area contributed by atoms with Gasteiger partial charge in [-0.15, -0.1) is 5.69 Å². The zero-order chi connectivity index (χ0) is 15.3. The van der Waals surface area contributed by atoms with Gasteiger partial charge in [0.05, 0.1) is 5.69 Å². The van der Waals surface area contributed by atoms with Crippen molar-refractivity contribution < 1.29 is 37.1 Å². The molecule has 4 nitrogen and oxygen atoms in total. The molecule has 1 saturated carbocycles. The van der Waals surface area contributed by atoms with Gasteiger partial charge in [0, 0.05) is 38.3 Å². The number of piperidine rings is 1. The number of fused-ring (bicyclic) bond motifs is 1. The SMILES string of the molecule is Cc1coc(-c2cc([N-]N3CCC4C(C3)[C@@H]4C)ccc2C)n1.[Y]. The molecule has 2 heterocycles. The Morgan fingerprint density at radius 1 is 1.26 bits per heavy atom. The van der Waals surface area contributed by atoms with Crippen LogP contribution < -0.4 is 0 Å². The largest absolute Gasteiger partial charge is 0.620 e. The maximum absolute atomic E-state index is 5.55. The molecule has 2 unspecified atom stereocenters. The number of hydrogen-bond donors (Lipinski definition) is 0. The van der Waals surface area contributed by atoms with Crippen LogP contribution in [0.25, 0.3) is 16.9 Å². The topological polar surface area (TPSA) is 43.4 Å². The second kappa shape index (κ2) is 6.66. The summed E-state index contributed by atoms with van der Waals surface area (Å²) in [5, 5.41) is 2.24. The van der Waals surface area contributed by atoms with E-state index in [4.69, 9.17) is 9.84 Å². The monoisotopic (exact) mass is 385 g/mol. The summed E-state index contributed by atoms with van der Waals surface area (Å²) < 4.78 is 5.55. The smallest absolute Gasteiger partial charge is 0.226 e. The molecule has 0 bridgehead atoms. The van der Waals surface area contributed by atoms with Crippen LogP contribution >= 0.6 is 0 Å². The molecule has 1 aromatic heterocycles. The molecule has 1 aliphatic heterocycles. The van der Waals surface area contributed by atoms with Crippen LogP contribution in [0.3, 0.4) is 0 Å². The predicted octanol–water partition coefficient (Wildman–Crippen LogP) is 4.46. The molecule has 1 saturated heterocycles. The van der Waals surface area contributed by atoms with Crippen LogP contribution in [0.5, 0.6) is 0 Å². The Kier molecular flexibility index (Phi) is 4.96. The van der Waals surface area contributed by atoms with Gasteiger partial charge in [-0.3, -0.25) is 0 Å². The predicted molar refractivity (Wildman–Crippen MR) is 86.8 cm³/mol. The Bertz CT molecular complexity index is 699. The fourth-order valence-corrected chi connectivity index (χ4v) is 3.68. The Labute approximate surface area is 162 Å². The van der Waals surface area contributed by atoms with Gasteiger partial charge >= 0.3 is 0 Å². The Morgan fingerprint density at radius 2 is 2.09 bits per heavy atom. The van der Waals surface area contributed by atoms with Crippen LogP contribution in [0.15, 0.2) is 28.9 Å². The van der Waals surface area contributed by atoms with Gasteiger partial charge in [-0.2, -0.15) is 0 Å². The van der Waals surface area contributed by atoms with Crippen molar-refractivity contribution in [1.82, 2.24) is 9.99 Å². The molecule has 2 aliphatic rings. The van der Waals surface area contributed by atoms with Crippen LogP contribution in [0.4, 0.5) is 5.69 Å². The number of rotatable bonds is 3. The normalized spacial score (nSPS) is 26.3. The van der Waals surface area contributed by atoms with Crippen molar-refractivity contribution in [2.75, 3.05) is 13.1 Å². The van der Waals surface area contributed by atoms with Gasteiger partial charge in [-0.25, -0.2) is 4.98 Å². The molecule has 2 aromatic rings. The van der Waals surface area contributed by atoms with Crippen molar-refractivity contribution in [1.29, 1.82) is 0 Å². The molecule has 1 aliphatic carbocycles. The van der Waals surface area contributed by atoms with Gasteiger partial charge in [0.15, 0.2) is 0 Å². The van der Waals surface area contributed by atoms with E-state index in [1.807, 2.05) is 6.92 Å². The summed E-state index contributed by atoms with van der Waals surface area (Å²) in [4.78, 5) is 4.44. The first kappa shape index (κ1) is 17.1. The van der Waals surface area contributed by atoms with Crippen LogP contribution in [0, 0.1) is 31.6 Å². The summed E-state index contributed by atoms with van der Waals surface area (Å²) in [6.07, 6.45) is 2.98. The first-order valence-corrected chi connectivity index (χ1v) is 8.11. The van der Waals surface area contributed by atoms with E-state index < -0.39 is 0 Å². The molecule has 5 heteroatoms. The van der Waals surface area contributed by atoms with Crippen molar-refractivity contribution >= 4 is 5.69 Å². The van der Waals surface area contributed by atoms with E-state index in [1.165, 1.54) is 6.42 Å². The molecule has 0 N–H and O–H groups in total. The minimum atomic E-state index is 0. The van der Waals surface area contributed by atoms with Crippen molar-refractivity contribution in [2.24, 2.45) is 17.8 Å². The first-order valence-electron chi connectivity index (χ1n) is 8.11. The number of benzene rings is 1. The third-order valence-corrected chi connectivity index (χ3v) is 5.23. The van der Waals surface area contributed by atoms with E-state index in [2.05, 4.69) is 42.0 Å². The van der Waals surface area contributed by atoms with E-state index in [0.717, 1.165) is 53.4 Å². The van der Waals surface area contributed by atoms with Crippen molar-refractivity contribution in [3.63, 3.8) is 0 Å². The fourth-order valence-electron chi connectivity index (χ4n) is 3.68. The summed E-state index contributed by atoms with van der Waals surface area (Å²) in [5.74, 6) is 3.39. The Morgan fingerprint density at radius 3 is 2.78 bits per heavy atom. The Hall–Kier alpha value is -0.706. The van der Waals surface area contributed by atoms with E-state index in [9.17, 15) is 0 Å². The minimum Gasteiger partial charge on any atom is -0.620 e. The zero-order valence-corrected chi connectivity index (χ0v) is 16.8.